The van der Waals surface area contributed by atoms with Crippen molar-refractivity contribution in [2.45, 2.75) is 12.5 Å². The summed E-state index contributed by atoms with van der Waals surface area (Å²) >= 11 is 0. The molecule has 2 aromatic heterocycles. The van der Waals surface area contributed by atoms with Crippen LogP contribution in [0.4, 0.5) is 11.8 Å². The van der Waals surface area contributed by atoms with E-state index in [0.717, 1.165) is 47.4 Å². The number of nitrogens with one attached hydrogen (secondary N) is 2. The fourth-order valence-corrected chi connectivity index (χ4v) is 3.09. The van der Waals surface area contributed by atoms with E-state index in [-0.39, 0.29) is 0 Å². The number of hydrogen-bond acceptors (Lipinski definition) is 6. The molecule has 1 fully saturated rings. The number of rotatable bonds is 3. The maximum atomic E-state index is 6.05. The van der Waals surface area contributed by atoms with Crippen LogP contribution in [0.15, 0.2) is 28.7 Å². The Labute approximate surface area is 128 Å². The summed E-state index contributed by atoms with van der Waals surface area (Å²) in [6, 6.07) is 8.49. The van der Waals surface area contributed by atoms with Crippen LogP contribution in [0.1, 0.15) is 6.42 Å². The van der Waals surface area contributed by atoms with E-state index in [1.165, 1.54) is 0 Å². The van der Waals surface area contributed by atoms with Gasteiger partial charge < -0.3 is 20.0 Å². The molecule has 0 aliphatic carbocycles. The Morgan fingerprint density at radius 3 is 2.86 bits per heavy atom. The molecule has 0 bridgehead atoms. The first kappa shape index (κ1) is 13.3. The third-order valence-corrected chi connectivity index (χ3v) is 4.32. The molecule has 2 N–H and O–H groups in total. The van der Waals surface area contributed by atoms with Crippen molar-refractivity contribution in [3.63, 3.8) is 0 Å². The lowest BCUT2D eigenvalue weighted by atomic mass is 10.2. The number of nitrogens with zero attached hydrogens (tertiary/aromatic N) is 3. The number of aromatic nitrogens is 2. The number of furan rings is 1. The number of likely N-dealkylation sites (N-methyl/N-ethyl adjacent to an activating group) is 1. The minimum atomic E-state index is 0.493. The first-order chi connectivity index (χ1) is 10.8. The zero-order chi connectivity index (χ0) is 15.1. The lowest BCUT2D eigenvalue weighted by Gasteiger charge is -2.18. The van der Waals surface area contributed by atoms with Gasteiger partial charge in [-0.3, -0.25) is 0 Å². The molecular formula is C16H19N5O. The summed E-state index contributed by atoms with van der Waals surface area (Å²) in [7, 11) is 3.84. The lowest BCUT2D eigenvalue weighted by molar-refractivity contribution is 0.615. The predicted molar refractivity (Wildman–Crippen MR) is 88.5 cm³/mol. The Balaban J connectivity index is 1.92. The quantitative estimate of drug-likeness (QED) is 0.773. The van der Waals surface area contributed by atoms with Gasteiger partial charge in [-0.2, -0.15) is 4.98 Å². The Kier molecular flexibility index (Phi) is 3.11. The van der Waals surface area contributed by atoms with Gasteiger partial charge in [-0.15, -0.1) is 0 Å². The molecule has 0 spiro atoms. The Hall–Kier alpha value is -2.34. The summed E-state index contributed by atoms with van der Waals surface area (Å²) in [6.07, 6.45) is 1.11. The fourth-order valence-electron chi connectivity index (χ4n) is 3.09. The molecule has 22 heavy (non-hydrogen) atoms. The van der Waals surface area contributed by atoms with Gasteiger partial charge in [0.1, 0.15) is 11.1 Å². The molecule has 1 aliphatic rings. The van der Waals surface area contributed by atoms with E-state index >= 15 is 0 Å². The molecule has 0 amide bonds. The van der Waals surface area contributed by atoms with E-state index in [9.17, 15) is 0 Å². The number of para-hydroxylation sites is 1. The smallest absolute Gasteiger partial charge is 0.225 e. The molecule has 4 rings (SSSR count). The molecule has 3 heterocycles. The second-order valence-corrected chi connectivity index (χ2v) is 5.62. The number of hydrogen-bond donors (Lipinski definition) is 2. The molecule has 3 aromatic rings. The van der Waals surface area contributed by atoms with E-state index in [1.807, 2.05) is 38.4 Å². The third-order valence-electron chi connectivity index (χ3n) is 4.32. The van der Waals surface area contributed by atoms with Crippen LogP contribution in [-0.4, -0.2) is 43.2 Å². The molecular weight excluding hydrogens is 278 g/mol. The summed E-state index contributed by atoms with van der Waals surface area (Å²) in [5, 5.41) is 7.42. The van der Waals surface area contributed by atoms with Gasteiger partial charge in [0, 0.05) is 31.6 Å². The monoisotopic (exact) mass is 297 g/mol. The van der Waals surface area contributed by atoms with E-state index < -0.39 is 0 Å². The topological polar surface area (TPSA) is 66.2 Å². The van der Waals surface area contributed by atoms with Crippen molar-refractivity contribution in [1.29, 1.82) is 0 Å². The van der Waals surface area contributed by atoms with Crippen LogP contribution in [0.3, 0.4) is 0 Å². The summed E-state index contributed by atoms with van der Waals surface area (Å²) in [5.41, 5.74) is 2.50. The zero-order valence-electron chi connectivity index (χ0n) is 12.8. The van der Waals surface area contributed by atoms with Crippen molar-refractivity contribution in [2.75, 3.05) is 37.4 Å². The van der Waals surface area contributed by atoms with Crippen LogP contribution in [0.25, 0.3) is 22.1 Å². The van der Waals surface area contributed by atoms with Crippen molar-refractivity contribution >= 4 is 33.8 Å². The highest BCUT2D eigenvalue weighted by atomic mass is 16.3. The van der Waals surface area contributed by atoms with Crippen molar-refractivity contribution in [1.82, 2.24) is 15.3 Å². The van der Waals surface area contributed by atoms with E-state index in [2.05, 4.69) is 25.5 Å². The molecule has 6 heteroatoms. The molecule has 1 aromatic carbocycles. The Morgan fingerprint density at radius 2 is 2.09 bits per heavy atom. The normalized spacial score (nSPS) is 18.5. The fraction of sp³-hybridized carbons (Fsp3) is 0.375. The van der Waals surface area contributed by atoms with Gasteiger partial charge in [0.05, 0.1) is 0 Å². The highest BCUT2D eigenvalue weighted by Crippen LogP contribution is 2.34. The summed E-state index contributed by atoms with van der Waals surface area (Å²) in [6.45, 7) is 1.90. The molecule has 0 saturated carbocycles. The number of fused-ring (bicyclic) bond motifs is 3. The average Bonchev–Trinajstić information content (AvgIpc) is 3.18. The van der Waals surface area contributed by atoms with Crippen molar-refractivity contribution in [3.8, 4) is 0 Å². The second-order valence-electron chi connectivity index (χ2n) is 5.62. The molecule has 1 atom stereocenters. The van der Waals surface area contributed by atoms with E-state index in [1.54, 1.807) is 0 Å². The summed E-state index contributed by atoms with van der Waals surface area (Å²) < 4.78 is 6.05. The van der Waals surface area contributed by atoms with Crippen LogP contribution >= 0.6 is 0 Å². The van der Waals surface area contributed by atoms with Crippen molar-refractivity contribution in [2.24, 2.45) is 0 Å². The zero-order valence-corrected chi connectivity index (χ0v) is 12.8. The van der Waals surface area contributed by atoms with E-state index in [4.69, 9.17) is 4.42 Å². The number of benzene rings is 1. The summed E-state index contributed by atoms with van der Waals surface area (Å²) in [4.78, 5) is 11.5. The van der Waals surface area contributed by atoms with Crippen LogP contribution in [0.2, 0.25) is 0 Å². The SMILES string of the molecule is CNc1nc(N2CC[C@@H](NC)C2)c2oc3ccccc3c2n1. The van der Waals surface area contributed by atoms with Gasteiger partial charge in [-0.1, -0.05) is 12.1 Å². The third kappa shape index (κ3) is 1.99. The first-order valence-corrected chi connectivity index (χ1v) is 7.59. The van der Waals surface area contributed by atoms with Gasteiger partial charge in [-0.25, -0.2) is 4.98 Å². The highest BCUT2D eigenvalue weighted by Gasteiger charge is 2.26. The maximum absolute atomic E-state index is 6.05. The van der Waals surface area contributed by atoms with E-state index in [0.29, 0.717) is 12.0 Å². The van der Waals surface area contributed by atoms with Gasteiger partial charge in [-0.05, 0) is 25.6 Å². The van der Waals surface area contributed by atoms with Gasteiger partial charge in [0.25, 0.3) is 0 Å². The van der Waals surface area contributed by atoms with Gasteiger partial charge in [0.15, 0.2) is 11.4 Å². The first-order valence-electron chi connectivity index (χ1n) is 7.59. The molecule has 114 valence electrons. The Morgan fingerprint density at radius 1 is 1.23 bits per heavy atom. The highest BCUT2D eigenvalue weighted by molar-refractivity contribution is 6.06. The van der Waals surface area contributed by atoms with Crippen LogP contribution < -0.4 is 15.5 Å². The van der Waals surface area contributed by atoms with Crippen LogP contribution in [0.5, 0.6) is 0 Å². The van der Waals surface area contributed by atoms with Crippen LogP contribution in [0, 0.1) is 0 Å². The van der Waals surface area contributed by atoms with Crippen molar-refractivity contribution < 1.29 is 4.42 Å². The molecule has 0 radical (unpaired) electrons. The average molecular weight is 297 g/mol. The minimum Gasteiger partial charge on any atom is -0.450 e. The minimum absolute atomic E-state index is 0.493. The van der Waals surface area contributed by atoms with Crippen LogP contribution in [-0.2, 0) is 0 Å². The Bertz CT molecular complexity index is 828. The molecule has 1 aliphatic heterocycles. The standard InChI is InChI=1S/C16H19N5O/c1-17-10-7-8-21(9-10)15-14-13(19-16(18-2)20-15)11-5-3-4-6-12(11)22-14/h3-6,10,17H,7-9H2,1-2H3,(H,18,19,20)/t10-/m1/s1. The van der Waals surface area contributed by atoms with Gasteiger partial charge in [0.2, 0.25) is 5.95 Å². The molecule has 0 unspecified atom stereocenters. The predicted octanol–water partition coefficient (Wildman–Crippen LogP) is 2.22. The lowest BCUT2D eigenvalue weighted by Crippen LogP contribution is -2.30. The van der Waals surface area contributed by atoms with Gasteiger partial charge >= 0.3 is 0 Å². The largest absolute Gasteiger partial charge is 0.450 e. The summed E-state index contributed by atoms with van der Waals surface area (Å²) in [5.74, 6) is 1.50. The van der Waals surface area contributed by atoms with Crippen molar-refractivity contribution in [3.05, 3.63) is 24.3 Å². The molecule has 1 saturated heterocycles. The molecule has 6 nitrogen and oxygen atoms in total. The maximum Gasteiger partial charge on any atom is 0.225 e. The number of anilines is 2. The second kappa shape index (κ2) is 5.14.